The van der Waals surface area contributed by atoms with Gasteiger partial charge in [-0.15, -0.1) is 0 Å². The van der Waals surface area contributed by atoms with E-state index in [0.717, 1.165) is 12.8 Å². The third-order valence-corrected chi connectivity index (χ3v) is 3.16. The molecule has 1 heterocycles. The van der Waals surface area contributed by atoms with E-state index in [-0.39, 0.29) is 12.2 Å². The zero-order valence-electron chi connectivity index (χ0n) is 11.6. The topological polar surface area (TPSA) is 72.3 Å². The fraction of sp³-hybridized carbons (Fsp3) is 0.643. The van der Waals surface area contributed by atoms with E-state index in [0.29, 0.717) is 18.2 Å². The van der Waals surface area contributed by atoms with Crippen molar-refractivity contribution >= 4 is 5.97 Å². The first-order valence-corrected chi connectivity index (χ1v) is 6.78. The molecule has 1 unspecified atom stereocenters. The third kappa shape index (κ3) is 5.34. The molecule has 0 bridgehead atoms. The molecule has 0 fully saturated rings. The van der Waals surface area contributed by atoms with E-state index in [2.05, 4.69) is 23.8 Å². The van der Waals surface area contributed by atoms with Crippen molar-refractivity contribution in [3.05, 3.63) is 23.8 Å². The van der Waals surface area contributed by atoms with Gasteiger partial charge in [0.25, 0.3) is 0 Å². The van der Waals surface area contributed by atoms with Gasteiger partial charge >= 0.3 is 5.97 Å². The van der Waals surface area contributed by atoms with Crippen LogP contribution in [0, 0.1) is 5.92 Å². The predicted octanol–water partition coefficient (Wildman–Crippen LogP) is 2.91. The molecule has 0 aliphatic carbocycles. The molecule has 5 nitrogen and oxygen atoms in total. The molecule has 0 aliphatic rings. The maximum atomic E-state index is 11.0. The second kappa shape index (κ2) is 8.58. The van der Waals surface area contributed by atoms with Crippen molar-refractivity contribution < 1.29 is 14.6 Å². The summed E-state index contributed by atoms with van der Waals surface area (Å²) >= 11 is 0. The van der Waals surface area contributed by atoms with E-state index in [1.165, 1.54) is 25.4 Å². The van der Waals surface area contributed by atoms with Crippen LogP contribution in [-0.4, -0.2) is 27.7 Å². The van der Waals surface area contributed by atoms with Crippen LogP contribution in [0.5, 0.6) is 0 Å². The van der Waals surface area contributed by atoms with E-state index in [9.17, 15) is 4.79 Å². The lowest BCUT2D eigenvalue weighted by molar-refractivity contribution is 0.0662. The van der Waals surface area contributed by atoms with Gasteiger partial charge in [0, 0.05) is 12.8 Å². The first-order chi connectivity index (χ1) is 9.19. The smallest absolute Gasteiger partial charge is 0.339 e. The number of unbranched alkanes of at least 4 members (excludes halogenated alkanes) is 1. The Kier molecular flexibility index (Phi) is 7.03. The average molecular weight is 266 g/mol. The second-order valence-electron chi connectivity index (χ2n) is 4.62. The fourth-order valence-corrected chi connectivity index (χ4v) is 1.87. The van der Waals surface area contributed by atoms with Crippen LogP contribution in [0.25, 0.3) is 0 Å². The molecule has 1 atom stereocenters. The zero-order valence-corrected chi connectivity index (χ0v) is 11.6. The van der Waals surface area contributed by atoms with Crippen LogP contribution in [0.15, 0.2) is 12.5 Å². The predicted molar refractivity (Wildman–Crippen MR) is 72.0 cm³/mol. The van der Waals surface area contributed by atoms with E-state index in [4.69, 9.17) is 9.84 Å². The largest absolute Gasteiger partial charge is 0.478 e. The number of hydrogen-bond acceptors (Lipinski definition) is 4. The number of hydrogen-bond donors (Lipinski definition) is 1. The van der Waals surface area contributed by atoms with Crippen LogP contribution in [-0.2, 0) is 11.3 Å². The van der Waals surface area contributed by atoms with Crippen LogP contribution in [0.3, 0.4) is 0 Å². The van der Waals surface area contributed by atoms with Crippen molar-refractivity contribution in [3.8, 4) is 0 Å². The highest BCUT2D eigenvalue weighted by molar-refractivity contribution is 5.88. The first-order valence-electron chi connectivity index (χ1n) is 6.78. The molecule has 0 aliphatic heterocycles. The lowest BCUT2D eigenvalue weighted by Crippen LogP contribution is -2.12. The number of ether oxygens (including phenoxy) is 1. The Morgan fingerprint density at radius 3 is 2.89 bits per heavy atom. The lowest BCUT2D eigenvalue weighted by Gasteiger charge is -2.14. The maximum Gasteiger partial charge on any atom is 0.339 e. The third-order valence-electron chi connectivity index (χ3n) is 3.16. The van der Waals surface area contributed by atoms with Crippen molar-refractivity contribution in [1.29, 1.82) is 0 Å². The molecule has 0 radical (unpaired) electrons. The summed E-state index contributed by atoms with van der Waals surface area (Å²) in [4.78, 5) is 18.7. The molecular formula is C14H22N2O3. The number of rotatable bonds is 9. The fourth-order valence-electron chi connectivity index (χ4n) is 1.87. The minimum atomic E-state index is -1.02. The van der Waals surface area contributed by atoms with E-state index in [1.807, 2.05) is 0 Å². The molecule has 1 rings (SSSR count). The number of nitrogens with zero attached hydrogens (tertiary/aromatic N) is 2. The minimum Gasteiger partial charge on any atom is -0.478 e. The highest BCUT2D eigenvalue weighted by Gasteiger charge is 2.12. The Balaban J connectivity index is 2.46. The molecule has 0 saturated carbocycles. The molecule has 19 heavy (non-hydrogen) atoms. The van der Waals surface area contributed by atoms with Crippen LogP contribution in [0.1, 0.15) is 55.6 Å². The summed E-state index contributed by atoms with van der Waals surface area (Å²) in [7, 11) is 0. The van der Waals surface area contributed by atoms with Crippen molar-refractivity contribution in [2.75, 3.05) is 6.61 Å². The Labute approximate surface area is 114 Å². The van der Waals surface area contributed by atoms with Crippen LogP contribution in [0.4, 0.5) is 0 Å². The average Bonchev–Trinajstić information content (AvgIpc) is 2.43. The Bertz CT molecular complexity index is 396. The summed E-state index contributed by atoms with van der Waals surface area (Å²) in [6.45, 7) is 5.21. The summed E-state index contributed by atoms with van der Waals surface area (Å²) in [5, 5.41) is 9.00. The van der Waals surface area contributed by atoms with Crippen LogP contribution in [0.2, 0.25) is 0 Å². The molecule has 106 valence electrons. The molecule has 0 amide bonds. The highest BCUT2D eigenvalue weighted by Crippen LogP contribution is 2.14. The van der Waals surface area contributed by atoms with Gasteiger partial charge in [-0.1, -0.05) is 33.1 Å². The standard InChI is InChI=1S/C14H22N2O3/c1-3-5-6-11(4-2)8-19-9-13-12(14(17)18)7-15-10-16-13/h7,10-11H,3-6,8-9H2,1-2H3,(H,17,18). The first kappa shape index (κ1) is 15.6. The SMILES string of the molecule is CCCCC(CC)COCc1ncncc1C(=O)O. The molecule has 0 saturated heterocycles. The number of carbonyl (C=O) groups is 1. The maximum absolute atomic E-state index is 11.0. The van der Waals surface area contributed by atoms with Gasteiger partial charge in [-0.05, 0) is 12.3 Å². The second-order valence-corrected chi connectivity index (χ2v) is 4.62. The molecule has 1 N–H and O–H groups in total. The van der Waals surface area contributed by atoms with Gasteiger partial charge in [0.15, 0.2) is 0 Å². The van der Waals surface area contributed by atoms with Crippen LogP contribution >= 0.6 is 0 Å². The summed E-state index contributed by atoms with van der Waals surface area (Å²) in [5.41, 5.74) is 0.553. The summed E-state index contributed by atoms with van der Waals surface area (Å²) < 4.78 is 5.61. The lowest BCUT2D eigenvalue weighted by atomic mass is 10.0. The molecule has 0 spiro atoms. The van der Waals surface area contributed by atoms with Crippen molar-refractivity contribution in [3.63, 3.8) is 0 Å². The van der Waals surface area contributed by atoms with Gasteiger partial charge in [0.2, 0.25) is 0 Å². The summed E-state index contributed by atoms with van der Waals surface area (Å²) in [6.07, 6.45) is 7.28. The van der Waals surface area contributed by atoms with Gasteiger partial charge in [-0.3, -0.25) is 0 Å². The zero-order chi connectivity index (χ0) is 14.1. The summed E-state index contributed by atoms with van der Waals surface area (Å²) in [6, 6.07) is 0. The highest BCUT2D eigenvalue weighted by atomic mass is 16.5. The number of carboxylic acid groups (broad SMARTS) is 1. The van der Waals surface area contributed by atoms with Crippen LogP contribution < -0.4 is 0 Å². The molecule has 0 aromatic carbocycles. The molecule has 1 aromatic rings. The number of aromatic nitrogens is 2. The van der Waals surface area contributed by atoms with E-state index >= 15 is 0 Å². The Morgan fingerprint density at radius 2 is 2.26 bits per heavy atom. The Morgan fingerprint density at radius 1 is 1.47 bits per heavy atom. The monoisotopic (exact) mass is 266 g/mol. The number of aromatic carboxylic acids is 1. The molecule has 5 heteroatoms. The molecule has 1 aromatic heterocycles. The summed E-state index contributed by atoms with van der Waals surface area (Å²) in [5.74, 6) is -0.479. The van der Waals surface area contributed by atoms with Gasteiger partial charge in [-0.25, -0.2) is 14.8 Å². The normalized spacial score (nSPS) is 12.3. The minimum absolute atomic E-state index is 0.115. The Hall–Kier alpha value is -1.49. The van der Waals surface area contributed by atoms with Gasteiger partial charge in [0.1, 0.15) is 11.9 Å². The van der Waals surface area contributed by atoms with Gasteiger partial charge < -0.3 is 9.84 Å². The van der Waals surface area contributed by atoms with E-state index in [1.54, 1.807) is 0 Å². The molecular weight excluding hydrogens is 244 g/mol. The van der Waals surface area contributed by atoms with Gasteiger partial charge in [-0.2, -0.15) is 0 Å². The number of carboxylic acids is 1. The van der Waals surface area contributed by atoms with Crippen molar-refractivity contribution in [2.45, 2.75) is 46.1 Å². The van der Waals surface area contributed by atoms with Gasteiger partial charge in [0.05, 0.1) is 12.3 Å². The van der Waals surface area contributed by atoms with E-state index < -0.39 is 5.97 Å². The quantitative estimate of drug-likeness (QED) is 0.744. The van der Waals surface area contributed by atoms with Crippen molar-refractivity contribution in [1.82, 2.24) is 9.97 Å². The van der Waals surface area contributed by atoms with Crippen molar-refractivity contribution in [2.24, 2.45) is 5.92 Å².